The van der Waals surface area contributed by atoms with Gasteiger partial charge in [0.25, 0.3) is 0 Å². The number of aryl methyl sites for hydroxylation is 3. The fraction of sp³-hybridized carbons (Fsp3) is 0.438. The van der Waals surface area contributed by atoms with E-state index in [1.807, 2.05) is 6.21 Å². The highest BCUT2D eigenvalue weighted by molar-refractivity contribution is 7.71. The van der Waals surface area contributed by atoms with Crippen molar-refractivity contribution in [3.05, 3.63) is 45.0 Å². The topological polar surface area (TPSA) is 55.2 Å². The highest BCUT2D eigenvalue weighted by Gasteiger charge is 2.23. The van der Waals surface area contributed by atoms with Gasteiger partial charge in [0.05, 0.1) is 6.21 Å². The number of nitrogens with zero attached hydrogens (tertiary/aromatic N) is 3. The van der Waals surface area contributed by atoms with Gasteiger partial charge in [-0.2, -0.15) is 14.9 Å². The molecule has 0 aliphatic carbocycles. The second-order valence-electron chi connectivity index (χ2n) is 5.74. The molecule has 0 bridgehead atoms. The minimum absolute atomic E-state index is 0.0223. The van der Waals surface area contributed by atoms with Gasteiger partial charge < -0.3 is 4.74 Å². The summed E-state index contributed by atoms with van der Waals surface area (Å²) >= 11 is 5.28. The normalized spacial score (nSPS) is 18.4. The Morgan fingerprint density at radius 2 is 2.09 bits per heavy atom. The van der Waals surface area contributed by atoms with Crippen molar-refractivity contribution in [2.75, 3.05) is 6.61 Å². The quantitative estimate of drug-likeness (QED) is 0.695. The van der Waals surface area contributed by atoms with Crippen molar-refractivity contribution in [1.29, 1.82) is 0 Å². The first kappa shape index (κ1) is 15.1. The fourth-order valence-electron chi connectivity index (χ4n) is 2.65. The lowest BCUT2D eigenvalue weighted by Gasteiger charge is -2.08. The van der Waals surface area contributed by atoms with Crippen LogP contribution in [-0.2, 0) is 4.74 Å². The van der Waals surface area contributed by atoms with Gasteiger partial charge in [-0.3, -0.25) is 5.10 Å². The van der Waals surface area contributed by atoms with Gasteiger partial charge in [0.2, 0.25) is 4.77 Å². The maximum absolute atomic E-state index is 5.68. The molecule has 0 unspecified atom stereocenters. The van der Waals surface area contributed by atoms with Gasteiger partial charge in [-0.15, -0.1) is 0 Å². The van der Waals surface area contributed by atoms with Gasteiger partial charge in [0, 0.05) is 6.61 Å². The van der Waals surface area contributed by atoms with Crippen molar-refractivity contribution in [2.24, 2.45) is 5.10 Å². The first-order chi connectivity index (χ1) is 10.6. The molecule has 1 fully saturated rings. The Labute approximate surface area is 135 Å². The molecule has 116 valence electrons. The summed E-state index contributed by atoms with van der Waals surface area (Å²) in [5.41, 5.74) is 4.82. The fourth-order valence-corrected chi connectivity index (χ4v) is 2.83. The molecule has 22 heavy (non-hydrogen) atoms. The van der Waals surface area contributed by atoms with E-state index in [4.69, 9.17) is 17.0 Å². The second kappa shape index (κ2) is 6.14. The van der Waals surface area contributed by atoms with E-state index in [1.54, 1.807) is 4.68 Å². The molecule has 0 radical (unpaired) electrons. The highest BCUT2D eigenvalue weighted by Crippen LogP contribution is 2.27. The van der Waals surface area contributed by atoms with E-state index in [0.717, 1.165) is 30.8 Å². The van der Waals surface area contributed by atoms with Gasteiger partial charge in [-0.25, -0.2) is 0 Å². The third kappa shape index (κ3) is 2.89. The number of ether oxygens (including phenoxy) is 1. The van der Waals surface area contributed by atoms with Crippen LogP contribution in [0.15, 0.2) is 17.2 Å². The zero-order valence-corrected chi connectivity index (χ0v) is 13.9. The molecule has 1 N–H and O–H groups in total. The molecule has 0 spiro atoms. The number of hydrogen-bond donors (Lipinski definition) is 1. The van der Waals surface area contributed by atoms with Crippen LogP contribution in [0.25, 0.3) is 0 Å². The molecular formula is C16H20N4OS. The zero-order chi connectivity index (χ0) is 15.7. The predicted octanol–water partition coefficient (Wildman–Crippen LogP) is 3.60. The van der Waals surface area contributed by atoms with Crippen molar-refractivity contribution in [2.45, 2.75) is 39.7 Å². The Bertz CT molecular complexity index is 769. The number of rotatable bonds is 3. The molecule has 2 aromatic rings. The third-order valence-corrected chi connectivity index (χ3v) is 4.35. The molecule has 1 aromatic heterocycles. The Morgan fingerprint density at radius 3 is 2.82 bits per heavy atom. The number of H-pyrrole nitrogens is 1. The second-order valence-corrected chi connectivity index (χ2v) is 6.12. The molecule has 1 saturated heterocycles. The summed E-state index contributed by atoms with van der Waals surface area (Å²) in [5.74, 6) is 0.750. The smallest absolute Gasteiger partial charge is 0.216 e. The van der Waals surface area contributed by atoms with E-state index in [9.17, 15) is 0 Å². The summed E-state index contributed by atoms with van der Waals surface area (Å²) in [4.78, 5) is 0. The largest absolute Gasteiger partial charge is 0.370 e. The standard InChI is InChI=1S/C16H20N4OS/c1-10-7-12(3)13(8-11(10)2)9-17-20-15(18-19-16(20)22)14-5-4-6-21-14/h7-9,14H,4-6H2,1-3H3,(H,19,22)/b17-9-/t14-/m0/s1. The zero-order valence-electron chi connectivity index (χ0n) is 13.1. The van der Waals surface area contributed by atoms with Gasteiger partial charge in [-0.05, 0) is 74.2 Å². The highest BCUT2D eigenvalue weighted by atomic mass is 32.1. The average Bonchev–Trinajstić information content (AvgIpc) is 3.11. The van der Waals surface area contributed by atoms with Crippen molar-refractivity contribution >= 4 is 18.4 Å². The van der Waals surface area contributed by atoms with E-state index < -0.39 is 0 Å². The summed E-state index contributed by atoms with van der Waals surface area (Å²) in [6, 6.07) is 4.32. The molecule has 0 saturated carbocycles. The van der Waals surface area contributed by atoms with Crippen molar-refractivity contribution < 1.29 is 4.74 Å². The van der Waals surface area contributed by atoms with Crippen molar-refractivity contribution in [1.82, 2.24) is 14.9 Å². The van der Waals surface area contributed by atoms with Crippen LogP contribution in [0.5, 0.6) is 0 Å². The average molecular weight is 316 g/mol. The van der Waals surface area contributed by atoms with Crippen LogP contribution in [0.4, 0.5) is 0 Å². The van der Waals surface area contributed by atoms with Gasteiger partial charge in [0.15, 0.2) is 5.82 Å². The van der Waals surface area contributed by atoms with Gasteiger partial charge >= 0.3 is 0 Å². The third-order valence-electron chi connectivity index (χ3n) is 4.09. The maximum Gasteiger partial charge on any atom is 0.216 e. The first-order valence-corrected chi connectivity index (χ1v) is 7.88. The van der Waals surface area contributed by atoms with Gasteiger partial charge in [0.1, 0.15) is 6.10 Å². The molecule has 5 nitrogen and oxygen atoms in total. The molecule has 1 aliphatic heterocycles. The molecule has 0 amide bonds. The van der Waals surface area contributed by atoms with E-state index in [2.05, 4.69) is 48.2 Å². The van der Waals surface area contributed by atoms with E-state index >= 15 is 0 Å². The monoisotopic (exact) mass is 316 g/mol. The van der Waals surface area contributed by atoms with Crippen LogP contribution >= 0.6 is 12.2 Å². The molecule has 1 aliphatic rings. The lowest BCUT2D eigenvalue weighted by molar-refractivity contribution is 0.102. The molecular weight excluding hydrogens is 296 g/mol. The lowest BCUT2D eigenvalue weighted by atomic mass is 10.0. The Kier molecular flexibility index (Phi) is 4.22. The number of benzene rings is 1. The van der Waals surface area contributed by atoms with Crippen molar-refractivity contribution in [3.63, 3.8) is 0 Å². The molecule has 1 aromatic carbocycles. The van der Waals surface area contributed by atoms with Crippen LogP contribution in [0.1, 0.15) is 47.0 Å². The predicted molar refractivity (Wildman–Crippen MR) is 89.0 cm³/mol. The SMILES string of the molecule is Cc1cc(C)c(/C=N\n2c([C@@H]3CCCO3)n[nH]c2=S)cc1C. The number of nitrogens with one attached hydrogen (secondary N) is 1. The summed E-state index contributed by atoms with van der Waals surface area (Å²) in [5, 5.41) is 11.6. The minimum atomic E-state index is -0.0223. The molecule has 3 rings (SSSR count). The first-order valence-electron chi connectivity index (χ1n) is 7.47. The summed E-state index contributed by atoms with van der Waals surface area (Å²) in [6.45, 7) is 7.08. The molecule has 2 heterocycles. The van der Waals surface area contributed by atoms with Crippen LogP contribution in [-0.4, -0.2) is 27.7 Å². The maximum atomic E-state index is 5.68. The Hall–Kier alpha value is -1.79. The Morgan fingerprint density at radius 1 is 1.32 bits per heavy atom. The van der Waals surface area contributed by atoms with Crippen LogP contribution in [0.3, 0.4) is 0 Å². The van der Waals surface area contributed by atoms with Crippen LogP contribution in [0, 0.1) is 25.5 Å². The summed E-state index contributed by atoms with van der Waals surface area (Å²) in [6.07, 6.45) is 3.82. The summed E-state index contributed by atoms with van der Waals surface area (Å²) < 4.78 is 7.84. The molecule has 6 heteroatoms. The number of aromatic nitrogens is 3. The van der Waals surface area contributed by atoms with Crippen molar-refractivity contribution in [3.8, 4) is 0 Å². The number of hydrogen-bond acceptors (Lipinski definition) is 4. The minimum Gasteiger partial charge on any atom is -0.370 e. The Balaban J connectivity index is 1.94. The summed E-state index contributed by atoms with van der Waals surface area (Å²) in [7, 11) is 0. The van der Waals surface area contributed by atoms with E-state index in [-0.39, 0.29) is 6.10 Å². The lowest BCUT2D eigenvalue weighted by Crippen LogP contribution is -2.05. The van der Waals surface area contributed by atoms with E-state index in [0.29, 0.717) is 4.77 Å². The van der Waals surface area contributed by atoms with Gasteiger partial charge in [-0.1, -0.05) is 6.07 Å². The van der Waals surface area contributed by atoms with E-state index in [1.165, 1.54) is 16.7 Å². The van der Waals surface area contributed by atoms with Crippen LogP contribution < -0.4 is 0 Å². The number of aromatic amines is 1. The molecule has 1 atom stereocenters. The van der Waals surface area contributed by atoms with Crippen LogP contribution in [0.2, 0.25) is 0 Å².